The number of benzene rings is 1. The first kappa shape index (κ1) is 9.53. The molecule has 1 aromatic rings. The van der Waals surface area contributed by atoms with Crippen LogP contribution in [0.1, 0.15) is 25.3 Å². The van der Waals surface area contributed by atoms with E-state index in [1.165, 1.54) is 12.0 Å². The molecule has 1 rings (SSSR count). The van der Waals surface area contributed by atoms with Gasteiger partial charge in [-0.3, -0.25) is 0 Å². The molecule has 0 bridgehead atoms. The van der Waals surface area contributed by atoms with Crippen molar-refractivity contribution in [1.82, 2.24) is 0 Å². The van der Waals surface area contributed by atoms with Crippen LogP contribution in [0.3, 0.4) is 0 Å². The Balaban J connectivity index is 2.63. The minimum Gasteiger partial charge on any atom is -0.0840 e. The van der Waals surface area contributed by atoms with Gasteiger partial charge in [-0.05, 0) is 24.1 Å². The Hall–Kier alpha value is -0.560. The van der Waals surface area contributed by atoms with E-state index in [0.717, 1.165) is 10.9 Å². The first-order valence-corrected chi connectivity index (χ1v) is 5.04. The highest BCUT2D eigenvalue weighted by Gasteiger charge is 1.86. The molecule has 0 fully saturated rings. The van der Waals surface area contributed by atoms with Gasteiger partial charge in [0.15, 0.2) is 0 Å². The molecule has 0 heterocycles. The summed E-state index contributed by atoms with van der Waals surface area (Å²) in [5.41, 5.74) is 1.26. The molecule has 0 saturated heterocycles. The second kappa shape index (κ2) is 5.15. The van der Waals surface area contributed by atoms with Crippen LogP contribution in [0, 0.1) is 0 Å². The summed E-state index contributed by atoms with van der Waals surface area (Å²) in [6, 6.07) is 8.32. The van der Waals surface area contributed by atoms with Gasteiger partial charge in [-0.15, -0.1) is 0 Å². The molecule has 1 heteroatoms. The van der Waals surface area contributed by atoms with Crippen molar-refractivity contribution in [2.75, 3.05) is 0 Å². The van der Waals surface area contributed by atoms with Crippen LogP contribution in [0.4, 0.5) is 0 Å². The van der Waals surface area contributed by atoms with Crippen molar-refractivity contribution in [3.63, 3.8) is 0 Å². The fraction of sp³-hybridized carbons (Fsp3) is 0.273. The van der Waals surface area contributed by atoms with Crippen LogP contribution in [0.15, 0.2) is 34.8 Å². The average molecular weight is 225 g/mol. The lowest BCUT2D eigenvalue weighted by molar-refractivity contribution is 0.962. The van der Waals surface area contributed by atoms with E-state index in [-0.39, 0.29) is 0 Å². The number of allylic oxidation sites excluding steroid dienone is 1. The van der Waals surface area contributed by atoms with E-state index >= 15 is 0 Å². The van der Waals surface area contributed by atoms with Crippen LogP contribution >= 0.6 is 15.9 Å². The average Bonchev–Trinajstić information content (AvgIpc) is 2.05. The normalized spacial score (nSPS) is 10.8. The third kappa shape index (κ3) is 3.22. The Bertz CT molecular complexity index is 263. The largest absolute Gasteiger partial charge is 0.0840 e. The molecule has 0 unspecified atom stereocenters. The van der Waals surface area contributed by atoms with Gasteiger partial charge in [-0.1, -0.05) is 53.6 Å². The van der Waals surface area contributed by atoms with Crippen molar-refractivity contribution in [1.29, 1.82) is 0 Å². The zero-order chi connectivity index (χ0) is 8.81. The summed E-state index contributed by atoms with van der Waals surface area (Å²) in [7, 11) is 0. The summed E-state index contributed by atoms with van der Waals surface area (Å²) in [5.74, 6) is 0. The molecule has 0 aliphatic carbocycles. The topological polar surface area (TPSA) is 0 Å². The molecule has 1 aromatic carbocycles. The van der Waals surface area contributed by atoms with Crippen molar-refractivity contribution in [2.24, 2.45) is 0 Å². The van der Waals surface area contributed by atoms with Crippen molar-refractivity contribution in [2.45, 2.75) is 19.8 Å². The molecule has 0 aromatic heterocycles. The number of rotatable bonds is 3. The monoisotopic (exact) mass is 224 g/mol. The molecule has 0 nitrogen and oxygen atoms in total. The molecule has 64 valence electrons. The fourth-order valence-corrected chi connectivity index (χ4v) is 1.41. The highest BCUT2D eigenvalue weighted by molar-refractivity contribution is 9.10. The Morgan fingerprint density at radius 2 is 2.25 bits per heavy atom. The van der Waals surface area contributed by atoms with Crippen LogP contribution in [0.2, 0.25) is 0 Å². The Labute approximate surface area is 82.4 Å². The highest BCUT2D eigenvalue weighted by atomic mass is 79.9. The lowest BCUT2D eigenvalue weighted by Crippen LogP contribution is -1.70. The zero-order valence-corrected chi connectivity index (χ0v) is 8.84. The van der Waals surface area contributed by atoms with Crippen molar-refractivity contribution in [3.8, 4) is 0 Å². The molecule has 0 spiro atoms. The first-order chi connectivity index (χ1) is 5.83. The van der Waals surface area contributed by atoms with E-state index in [1.54, 1.807) is 0 Å². The van der Waals surface area contributed by atoms with Crippen LogP contribution < -0.4 is 0 Å². The maximum Gasteiger partial charge on any atom is 0.0181 e. The van der Waals surface area contributed by atoms with Gasteiger partial charge in [0.25, 0.3) is 0 Å². The highest BCUT2D eigenvalue weighted by Crippen LogP contribution is 2.12. The standard InChI is InChI=1S/C11H13Br/c1-2-3-4-6-10-7-5-8-11(12)9-10/h4-9H,2-3H2,1H3. The summed E-state index contributed by atoms with van der Waals surface area (Å²) in [6.07, 6.45) is 6.74. The predicted molar refractivity (Wildman–Crippen MR) is 58.1 cm³/mol. The first-order valence-electron chi connectivity index (χ1n) is 4.25. The van der Waals surface area contributed by atoms with Crippen molar-refractivity contribution < 1.29 is 0 Å². The lowest BCUT2D eigenvalue weighted by atomic mass is 10.2. The summed E-state index contributed by atoms with van der Waals surface area (Å²) >= 11 is 3.44. The molecular formula is C11H13Br. The van der Waals surface area contributed by atoms with E-state index in [9.17, 15) is 0 Å². The van der Waals surface area contributed by atoms with Crippen LogP contribution in [-0.4, -0.2) is 0 Å². The van der Waals surface area contributed by atoms with E-state index in [4.69, 9.17) is 0 Å². The molecule has 0 N–H and O–H groups in total. The van der Waals surface area contributed by atoms with Gasteiger partial charge < -0.3 is 0 Å². The smallest absolute Gasteiger partial charge is 0.0181 e. The van der Waals surface area contributed by atoms with Gasteiger partial charge in [0.1, 0.15) is 0 Å². The summed E-state index contributed by atoms with van der Waals surface area (Å²) in [5, 5.41) is 0. The molecule has 0 saturated carbocycles. The minimum absolute atomic E-state index is 1.14. The van der Waals surface area contributed by atoms with Gasteiger partial charge in [0.05, 0.1) is 0 Å². The molecule has 0 radical (unpaired) electrons. The molecule has 0 aliphatic rings. The Morgan fingerprint density at radius 3 is 2.92 bits per heavy atom. The maximum atomic E-state index is 3.44. The van der Waals surface area contributed by atoms with E-state index in [1.807, 2.05) is 6.07 Å². The van der Waals surface area contributed by atoms with Gasteiger partial charge in [-0.25, -0.2) is 0 Å². The zero-order valence-electron chi connectivity index (χ0n) is 7.26. The van der Waals surface area contributed by atoms with Crippen LogP contribution in [-0.2, 0) is 0 Å². The number of hydrogen-bond acceptors (Lipinski definition) is 0. The molecular weight excluding hydrogens is 212 g/mol. The van der Waals surface area contributed by atoms with Gasteiger partial charge in [-0.2, -0.15) is 0 Å². The predicted octanol–water partition coefficient (Wildman–Crippen LogP) is 4.26. The van der Waals surface area contributed by atoms with Crippen LogP contribution in [0.5, 0.6) is 0 Å². The number of halogens is 1. The second-order valence-corrected chi connectivity index (χ2v) is 3.66. The van der Waals surface area contributed by atoms with Gasteiger partial charge in [0, 0.05) is 4.47 Å². The van der Waals surface area contributed by atoms with E-state index in [2.05, 4.69) is 53.2 Å². The SMILES string of the molecule is CCCC=Cc1cccc(Br)c1. The van der Waals surface area contributed by atoms with Gasteiger partial charge in [0.2, 0.25) is 0 Å². The third-order valence-electron chi connectivity index (χ3n) is 1.61. The molecule has 0 amide bonds. The molecule has 0 aliphatic heterocycles. The van der Waals surface area contributed by atoms with E-state index < -0.39 is 0 Å². The third-order valence-corrected chi connectivity index (χ3v) is 2.11. The van der Waals surface area contributed by atoms with Gasteiger partial charge >= 0.3 is 0 Å². The van der Waals surface area contributed by atoms with Crippen molar-refractivity contribution in [3.05, 3.63) is 40.4 Å². The summed E-state index contributed by atoms with van der Waals surface area (Å²) in [6.45, 7) is 2.19. The minimum atomic E-state index is 1.14. The van der Waals surface area contributed by atoms with E-state index in [0.29, 0.717) is 0 Å². The maximum absolute atomic E-state index is 3.44. The Morgan fingerprint density at radius 1 is 1.42 bits per heavy atom. The Kier molecular flexibility index (Phi) is 4.09. The second-order valence-electron chi connectivity index (χ2n) is 2.75. The van der Waals surface area contributed by atoms with Crippen LogP contribution in [0.25, 0.3) is 6.08 Å². The summed E-state index contributed by atoms with van der Waals surface area (Å²) < 4.78 is 1.14. The number of unbranched alkanes of at least 4 members (excludes halogenated alkanes) is 1. The molecule has 12 heavy (non-hydrogen) atoms. The quantitative estimate of drug-likeness (QED) is 0.720. The lowest BCUT2D eigenvalue weighted by Gasteiger charge is -1.93. The summed E-state index contributed by atoms with van der Waals surface area (Å²) in [4.78, 5) is 0. The van der Waals surface area contributed by atoms with Crippen molar-refractivity contribution >= 4 is 22.0 Å². The molecule has 0 atom stereocenters. The fourth-order valence-electron chi connectivity index (χ4n) is 0.996. The number of hydrogen-bond donors (Lipinski definition) is 0.